The summed E-state index contributed by atoms with van der Waals surface area (Å²) < 4.78 is 4.80. The van der Waals surface area contributed by atoms with Gasteiger partial charge in [0.25, 0.3) is 5.88 Å². The molecule has 13 heavy (non-hydrogen) atoms. The molecule has 0 atom stereocenters. The summed E-state index contributed by atoms with van der Waals surface area (Å²) >= 11 is 0. The first-order chi connectivity index (χ1) is 6.15. The van der Waals surface area contributed by atoms with E-state index >= 15 is 0 Å². The van der Waals surface area contributed by atoms with Crippen LogP contribution in [0.2, 0.25) is 0 Å². The molecule has 5 nitrogen and oxygen atoms in total. The number of rotatable bonds is 2. The van der Waals surface area contributed by atoms with Crippen LogP contribution >= 0.6 is 0 Å². The van der Waals surface area contributed by atoms with E-state index in [1.807, 2.05) is 6.92 Å². The Morgan fingerprint density at radius 3 is 2.92 bits per heavy atom. The monoisotopic (exact) mass is 182 g/mol. The van der Waals surface area contributed by atoms with Gasteiger partial charge in [0, 0.05) is 6.21 Å². The van der Waals surface area contributed by atoms with Gasteiger partial charge in [-0.2, -0.15) is 0 Å². The van der Waals surface area contributed by atoms with Crippen molar-refractivity contribution in [3.63, 3.8) is 0 Å². The molecular formula is C8H10N2O3. The molecule has 1 aliphatic heterocycles. The number of methoxy groups -OCH3 is 1. The predicted octanol–water partition coefficient (Wildman–Crippen LogP) is 1.50. The standard InChI is InChI=1S/C8H10N2O3/c1-6-3-4-9-8(13-2)7(5-6)10(11)12/h3-4H,5H2,1-2H3. The van der Waals surface area contributed by atoms with E-state index in [1.165, 1.54) is 13.3 Å². The number of nitro groups is 1. The topological polar surface area (TPSA) is 64.7 Å². The van der Waals surface area contributed by atoms with Crippen LogP contribution in [0.25, 0.3) is 0 Å². The zero-order valence-corrected chi connectivity index (χ0v) is 7.48. The Bertz CT molecular complexity index is 315. The van der Waals surface area contributed by atoms with Crippen LogP contribution in [0, 0.1) is 10.1 Å². The number of hydrogen-bond acceptors (Lipinski definition) is 4. The molecule has 0 saturated carbocycles. The summed E-state index contributed by atoms with van der Waals surface area (Å²) in [6.07, 6.45) is 3.51. The van der Waals surface area contributed by atoms with Gasteiger partial charge in [0.15, 0.2) is 0 Å². The highest BCUT2D eigenvalue weighted by Gasteiger charge is 2.20. The molecule has 0 bridgehead atoms. The van der Waals surface area contributed by atoms with E-state index in [-0.39, 0.29) is 18.0 Å². The molecule has 1 heterocycles. The van der Waals surface area contributed by atoms with Crippen molar-refractivity contribution >= 4 is 6.21 Å². The molecule has 70 valence electrons. The lowest BCUT2D eigenvalue weighted by atomic mass is 10.2. The highest BCUT2D eigenvalue weighted by Crippen LogP contribution is 2.18. The summed E-state index contributed by atoms with van der Waals surface area (Å²) in [5.74, 6) is 0.0816. The molecule has 0 aromatic heterocycles. The maximum Gasteiger partial charge on any atom is 0.311 e. The molecule has 0 aromatic rings. The van der Waals surface area contributed by atoms with Crippen LogP contribution in [0.1, 0.15) is 13.3 Å². The van der Waals surface area contributed by atoms with Crippen molar-refractivity contribution in [3.05, 3.63) is 33.3 Å². The largest absolute Gasteiger partial charge is 0.476 e. The number of allylic oxidation sites excluding steroid dienone is 2. The van der Waals surface area contributed by atoms with Gasteiger partial charge in [-0.05, 0) is 13.0 Å². The minimum Gasteiger partial charge on any atom is -0.476 e. The number of aliphatic imine (C=N–C) groups is 1. The Morgan fingerprint density at radius 1 is 1.69 bits per heavy atom. The quantitative estimate of drug-likeness (QED) is 0.480. The summed E-state index contributed by atoms with van der Waals surface area (Å²) in [5, 5.41) is 10.6. The molecule has 0 spiro atoms. The maximum atomic E-state index is 10.6. The molecule has 0 N–H and O–H groups in total. The van der Waals surface area contributed by atoms with Crippen molar-refractivity contribution in [2.45, 2.75) is 13.3 Å². The van der Waals surface area contributed by atoms with E-state index in [0.29, 0.717) is 0 Å². The smallest absolute Gasteiger partial charge is 0.311 e. The first-order valence-corrected chi connectivity index (χ1v) is 3.76. The fourth-order valence-corrected chi connectivity index (χ4v) is 1.02. The highest BCUT2D eigenvalue weighted by molar-refractivity contribution is 5.73. The Kier molecular flexibility index (Phi) is 2.79. The molecule has 0 amide bonds. The Morgan fingerprint density at radius 2 is 2.38 bits per heavy atom. The summed E-state index contributed by atoms with van der Waals surface area (Å²) in [6.45, 7) is 1.81. The highest BCUT2D eigenvalue weighted by atomic mass is 16.6. The molecular weight excluding hydrogens is 172 g/mol. The van der Waals surface area contributed by atoms with Crippen molar-refractivity contribution in [2.24, 2.45) is 4.99 Å². The van der Waals surface area contributed by atoms with Gasteiger partial charge in [-0.25, -0.2) is 4.99 Å². The average Bonchev–Trinajstić information content (AvgIpc) is 2.26. The van der Waals surface area contributed by atoms with Crippen molar-refractivity contribution < 1.29 is 9.66 Å². The van der Waals surface area contributed by atoms with Gasteiger partial charge in [0.1, 0.15) is 0 Å². The van der Waals surface area contributed by atoms with Gasteiger partial charge in [0.05, 0.1) is 18.5 Å². The molecule has 0 unspecified atom stereocenters. The summed E-state index contributed by atoms with van der Waals surface area (Å²) in [4.78, 5) is 13.9. The van der Waals surface area contributed by atoms with E-state index in [9.17, 15) is 10.1 Å². The van der Waals surface area contributed by atoms with Crippen LogP contribution in [0.3, 0.4) is 0 Å². The Hall–Kier alpha value is -1.65. The fourth-order valence-electron chi connectivity index (χ4n) is 1.02. The fraction of sp³-hybridized carbons (Fsp3) is 0.375. The zero-order valence-electron chi connectivity index (χ0n) is 7.48. The van der Waals surface area contributed by atoms with Crippen LogP contribution in [-0.4, -0.2) is 18.2 Å². The second-order valence-corrected chi connectivity index (χ2v) is 2.68. The Labute approximate surface area is 75.6 Å². The van der Waals surface area contributed by atoms with Gasteiger partial charge in [-0.3, -0.25) is 10.1 Å². The molecule has 0 aromatic carbocycles. The minimum absolute atomic E-state index is 0.00463. The van der Waals surface area contributed by atoms with Crippen LogP contribution in [0.4, 0.5) is 0 Å². The molecule has 0 saturated heterocycles. The van der Waals surface area contributed by atoms with Crippen molar-refractivity contribution in [2.75, 3.05) is 7.11 Å². The molecule has 1 aliphatic rings. The van der Waals surface area contributed by atoms with Gasteiger partial charge in [0.2, 0.25) is 0 Å². The molecule has 0 radical (unpaired) electrons. The van der Waals surface area contributed by atoms with E-state index in [1.54, 1.807) is 6.08 Å². The lowest BCUT2D eigenvalue weighted by molar-refractivity contribution is -0.430. The first kappa shape index (κ1) is 9.44. The minimum atomic E-state index is -0.459. The average molecular weight is 182 g/mol. The summed E-state index contributed by atoms with van der Waals surface area (Å²) in [6, 6.07) is 0. The number of nitrogens with zero attached hydrogens (tertiary/aromatic N) is 2. The third kappa shape index (κ3) is 2.14. The SMILES string of the molecule is COC1=C([N+](=O)[O-])CC(C)=CC=N1. The van der Waals surface area contributed by atoms with Crippen molar-refractivity contribution in [1.29, 1.82) is 0 Å². The van der Waals surface area contributed by atoms with Gasteiger partial charge in [-0.1, -0.05) is 5.57 Å². The van der Waals surface area contributed by atoms with Gasteiger partial charge >= 0.3 is 5.70 Å². The zero-order chi connectivity index (χ0) is 9.84. The second kappa shape index (κ2) is 3.84. The summed E-state index contributed by atoms with van der Waals surface area (Å²) in [5.41, 5.74) is 0.896. The van der Waals surface area contributed by atoms with Crippen LogP contribution < -0.4 is 0 Å². The van der Waals surface area contributed by atoms with E-state index < -0.39 is 4.92 Å². The Balaban J connectivity index is 3.07. The van der Waals surface area contributed by atoms with Crippen molar-refractivity contribution in [3.8, 4) is 0 Å². The predicted molar refractivity (Wildman–Crippen MR) is 47.9 cm³/mol. The third-order valence-corrected chi connectivity index (χ3v) is 1.66. The third-order valence-electron chi connectivity index (χ3n) is 1.66. The maximum absolute atomic E-state index is 10.6. The van der Waals surface area contributed by atoms with Crippen molar-refractivity contribution in [1.82, 2.24) is 0 Å². The van der Waals surface area contributed by atoms with E-state index in [0.717, 1.165) is 5.57 Å². The van der Waals surface area contributed by atoms with E-state index in [4.69, 9.17) is 4.74 Å². The van der Waals surface area contributed by atoms with Gasteiger partial charge < -0.3 is 4.74 Å². The molecule has 1 rings (SSSR count). The lowest BCUT2D eigenvalue weighted by Crippen LogP contribution is -2.03. The number of hydrogen-bond donors (Lipinski definition) is 0. The van der Waals surface area contributed by atoms with Crippen LogP contribution in [-0.2, 0) is 4.74 Å². The van der Waals surface area contributed by atoms with Gasteiger partial charge in [-0.15, -0.1) is 0 Å². The van der Waals surface area contributed by atoms with Crippen LogP contribution in [0.15, 0.2) is 28.2 Å². The number of ether oxygens (including phenoxy) is 1. The summed E-state index contributed by atoms with van der Waals surface area (Å²) in [7, 11) is 1.37. The second-order valence-electron chi connectivity index (χ2n) is 2.68. The van der Waals surface area contributed by atoms with Crippen LogP contribution in [0.5, 0.6) is 0 Å². The molecule has 0 aliphatic carbocycles. The first-order valence-electron chi connectivity index (χ1n) is 3.76. The molecule has 0 fully saturated rings. The molecule has 5 heteroatoms. The van der Waals surface area contributed by atoms with E-state index in [2.05, 4.69) is 4.99 Å². The lowest BCUT2D eigenvalue weighted by Gasteiger charge is -2.00. The normalized spacial score (nSPS) is 16.6.